The summed E-state index contributed by atoms with van der Waals surface area (Å²) in [6, 6.07) is 12.4. The van der Waals surface area contributed by atoms with Gasteiger partial charge in [-0.15, -0.1) is 11.3 Å². The molecule has 0 atom stereocenters. The Bertz CT molecular complexity index is 1110. The minimum Gasteiger partial charge on any atom is -0.338 e. The Balaban J connectivity index is 1.40. The van der Waals surface area contributed by atoms with Gasteiger partial charge in [-0.1, -0.05) is 53.0 Å². The Morgan fingerprint density at radius 2 is 1.70 bits per heavy atom. The fourth-order valence-corrected chi connectivity index (χ4v) is 5.02. The van der Waals surface area contributed by atoms with Crippen molar-refractivity contribution < 1.29 is 9.59 Å². The smallest absolute Gasteiger partial charge is 0.265 e. The second kappa shape index (κ2) is 9.06. The predicted octanol–water partition coefficient (Wildman–Crippen LogP) is 6.51. The zero-order valence-electron chi connectivity index (χ0n) is 15.8. The molecule has 0 radical (unpaired) electrons. The highest BCUT2D eigenvalue weighted by atomic mass is 35.5. The van der Waals surface area contributed by atoms with E-state index in [-0.39, 0.29) is 17.6 Å². The number of Topliss-reactive ketones (excluding diaryl/α,β-unsaturated/α-hetero) is 1. The van der Waals surface area contributed by atoms with Crippen LogP contribution < -0.4 is 0 Å². The van der Waals surface area contributed by atoms with Crippen LogP contribution in [0.4, 0.5) is 0 Å². The molecule has 0 N–H and O–H groups in total. The molecule has 3 aromatic rings. The molecule has 154 valence electrons. The number of benzene rings is 2. The summed E-state index contributed by atoms with van der Waals surface area (Å²) in [5.74, 6) is -0.155. The number of piperidine rings is 1. The van der Waals surface area contributed by atoms with Crippen molar-refractivity contribution in [1.82, 2.24) is 9.88 Å². The number of ketones is 1. The van der Waals surface area contributed by atoms with Gasteiger partial charge in [0.25, 0.3) is 5.91 Å². The molecule has 2 heterocycles. The van der Waals surface area contributed by atoms with Crippen LogP contribution in [-0.2, 0) is 0 Å². The Kier molecular flexibility index (Phi) is 6.44. The van der Waals surface area contributed by atoms with Crippen molar-refractivity contribution in [2.45, 2.75) is 12.8 Å². The van der Waals surface area contributed by atoms with Crippen LogP contribution in [0, 0.1) is 5.92 Å². The molecular formula is C22H17Cl3N2O2S. The summed E-state index contributed by atoms with van der Waals surface area (Å²) < 4.78 is 0. The van der Waals surface area contributed by atoms with E-state index in [1.807, 2.05) is 18.2 Å². The summed E-state index contributed by atoms with van der Waals surface area (Å²) in [4.78, 5) is 32.4. The van der Waals surface area contributed by atoms with Crippen LogP contribution in [0.25, 0.3) is 10.6 Å². The number of thiazole rings is 1. The number of carbonyl (C=O) groups is 2. The molecule has 0 spiro atoms. The largest absolute Gasteiger partial charge is 0.338 e. The lowest BCUT2D eigenvalue weighted by atomic mass is 9.89. The minimum absolute atomic E-state index is 0.0412. The lowest BCUT2D eigenvalue weighted by Crippen LogP contribution is -2.40. The summed E-state index contributed by atoms with van der Waals surface area (Å²) in [5, 5.41) is 2.12. The molecule has 4 rings (SSSR count). The van der Waals surface area contributed by atoms with Crippen molar-refractivity contribution in [1.29, 1.82) is 0 Å². The molecule has 0 unspecified atom stereocenters. The van der Waals surface area contributed by atoms with Crippen molar-refractivity contribution in [2.75, 3.05) is 13.1 Å². The predicted molar refractivity (Wildman–Crippen MR) is 122 cm³/mol. The maximum absolute atomic E-state index is 12.9. The third-order valence-electron chi connectivity index (χ3n) is 5.18. The van der Waals surface area contributed by atoms with Gasteiger partial charge in [-0.25, -0.2) is 4.98 Å². The summed E-state index contributed by atoms with van der Waals surface area (Å²) in [6.07, 6.45) is 2.82. The summed E-state index contributed by atoms with van der Waals surface area (Å²) in [5.41, 5.74) is 1.37. The second-order valence-corrected chi connectivity index (χ2v) is 9.32. The van der Waals surface area contributed by atoms with Crippen LogP contribution in [0.15, 0.2) is 48.7 Å². The fraction of sp³-hybridized carbons (Fsp3) is 0.227. The van der Waals surface area contributed by atoms with Crippen molar-refractivity contribution >= 4 is 57.8 Å². The third-order valence-corrected chi connectivity index (χ3v) is 7.27. The first-order valence-corrected chi connectivity index (χ1v) is 11.4. The average molecular weight is 480 g/mol. The molecular weight excluding hydrogens is 463 g/mol. The first-order valence-electron chi connectivity index (χ1n) is 9.43. The molecule has 8 heteroatoms. The summed E-state index contributed by atoms with van der Waals surface area (Å²) in [7, 11) is 0. The van der Waals surface area contributed by atoms with Crippen LogP contribution in [0.3, 0.4) is 0 Å². The Labute approximate surface area is 193 Å². The highest BCUT2D eigenvalue weighted by Gasteiger charge is 2.29. The van der Waals surface area contributed by atoms with Gasteiger partial charge in [0.1, 0.15) is 9.88 Å². The monoisotopic (exact) mass is 478 g/mol. The van der Waals surface area contributed by atoms with Gasteiger partial charge in [-0.3, -0.25) is 9.59 Å². The topological polar surface area (TPSA) is 50.3 Å². The van der Waals surface area contributed by atoms with E-state index in [1.54, 1.807) is 35.4 Å². The highest BCUT2D eigenvalue weighted by molar-refractivity contribution is 7.17. The third kappa shape index (κ3) is 4.40. The number of halogens is 3. The van der Waals surface area contributed by atoms with Gasteiger partial charge in [0.05, 0.1) is 21.3 Å². The Hall–Kier alpha value is -1.92. The van der Waals surface area contributed by atoms with Gasteiger partial charge in [0.2, 0.25) is 0 Å². The van der Waals surface area contributed by atoms with Crippen molar-refractivity contribution in [2.24, 2.45) is 5.92 Å². The Morgan fingerprint density at radius 1 is 0.967 bits per heavy atom. The highest BCUT2D eigenvalue weighted by Crippen LogP contribution is 2.32. The molecule has 4 nitrogen and oxygen atoms in total. The zero-order valence-corrected chi connectivity index (χ0v) is 18.9. The van der Waals surface area contributed by atoms with Crippen LogP contribution in [0.5, 0.6) is 0 Å². The number of hydrogen-bond acceptors (Lipinski definition) is 4. The molecule has 1 aliphatic rings. The number of aromatic nitrogens is 1. The summed E-state index contributed by atoms with van der Waals surface area (Å²) >= 11 is 19.5. The van der Waals surface area contributed by atoms with Crippen LogP contribution >= 0.6 is 46.1 Å². The van der Waals surface area contributed by atoms with E-state index in [2.05, 4.69) is 4.98 Å². The number of carbonyl (C=O) groups excluding carboxylic acids is 2. The number of hydrogen-bond donors (Lipinski definition) is 0. The zero-order chi connectivity index (χ0) is 21.3. The van der Waals surface area contributed by atoms with Crippen molar-refractivity contribution in [3.8, 4) is 10.6 Å². The molecule has 0 bridgehead atoms. The van der Waals surface area contributed by atoms with E-state index in [9.17, 15) is 9.59 Å². The maximum Gasteiger partial charge on any atom is 0.265 e. The van der Waals surface area contributed by atoms with E-state index in [1.165, 1.54) is 11.3 Å². The number of amides is 1. The van der Waals surface area contributed by atoms with E-state index < -0.39 is 0 Å². The molecule has 1 saturated heterocycles. The molecule has 30 heavy (non-hydrogen) atoms. The quantitative estimate of drug-likeness (QED) is 0.401. The van der Waals surface area contributed by atoms with Crippen molar-refractivity contribution in [3.05, 3.63) is 74.2 Å². The summed E-state index contributed by atoms with van der Waals surface area (Å²) in [6.45, 7) is 1.05. The van der Waals surface area contributed by atoms with Gasteiger partial charge in [-0.05, 0) is 37.1 Å². The first kappa shape index (κ1) is 21.3. The maximum atomic E-state index is 12.9. The van der Waals surface area contributed by atoms with Crippen LogP contribution in [0.2, 0.25) is 15.1 Å². The van der Waals surface area contributed by atoms with E-state index in [0.717, 1.165) is 5.56 Å². The fourth-order valence-electron chi connectivity index (χ4n) is 3.52. The minimum atomic E-state index is -0.133. The molecule has 1 amide bonds. The van der Waals surface area contributed by atoms with Crippen molar-refractivity contribution in [3.63, 3.8) is 0 Å². The van der Waals surface area contributed by atoms with E-state index >= 15 is 0 Å². The lowest BCUT2D eigenvalue weighted by Gasteiger charge is -2.31. The number of likely N-dealkylation sites (tertiary alicyclic amines) is 1. The normalized spacial score (nSPS) is 14.7. The average Bonchev–Trinajstić information content (AvgIpc) is 3.25. The van der Waals surface area contributed by atoms with E-state index in [0.29, 0.717) is 56.4 Å². The molecule has 1 fully saturated rings. The molecule has 1 aromatic heterocycles. The second-order valence-electron chi connectivity index (χ2n) is 7.07. The van der Waals surface area contributed by atoms with Crippen LogP contribution in [0.1, 0.15) is 32.9 Å². The standard InChI is InChI=1S/C22H17Cl3N2O2S/c23-16-4-2-1-3-15(16)21-26-12-19(30-21)22(29)27-9-7-13(8-10-27)20(28)14-5-6-17(24)18(25)11-14/h1-6,11-13H,7-10H2. The number of rotatable bonds is 4. The van der Waals surface area contributed by atoms with Gasteiger partial charge in [0.15, 0.2) is 5.78 Å². The van der Waals surface area contributed by atoms with Gasteiger partial charge in [0, 0.05) is 30.1 Å². The molecule has 0 saturated carbocycles. The van der Waals surface area contributed by atoms with E-state index in [4.69, 9.17) is 34.8 Å². The first-order chi connectivity index (χ1) is 14.4. The van der Waals surface area contributed by atoms with Gasteiger partial charge < -0.3 is 4.90 Å². The molecule has 0 aliphatic carbocycles. The number of nitrogens with zero attached hydrogens (tertiary/aromatic N) is 2. The SMILES string of the molecule is O=C(c1ccc(Cl)c(Cl)c1)C1CCN(C(=O)c2cnc(-c3ccccc3Cl)s2)CC1. The lowest BCUT2D eigenvalue weighted by molar-refractivity contribution is 0.0654. The Morgan fingerprint density at radius 3 is 2.40 bits per heavy atom. The van der Waals surface area contributed by atoms with Gasteiger partial charge >= 0.3 is 0 Å². The van der Waals surface area contributed by atoms with Gasteiger partial charge in [-0.2, -0.15) is 0 Å². The molecule has 1 aliphatic heterocycles. The molecule has 2 aromatic carbocycles. The van der Waals surface area contributed by atoms with Crippen LogP contribution in [-0.4, -0.2) is 34.7 Å².